The van der Waals surface area contributed by atoms with Crippen LogP contribution in [0.3, 0.4) is 0 Å². The molecule has 1 N–H and O–H groups in total. The Morgan fingerprint density at radius 3 is 2.30 bits per heavy atom. The first-order chi connectivity index (χ1) is 19.7. The van der Waals surface area contributed by atoms with Crippen molar-refractivity contribution >= 4 is 11.0 Å². The molecular weight excluding hydrogens is 500 g/mol. The lowest BCUT2D eigenvalue weighted by Gasteiger charge is -2.26. The van der Waals surface area contributed by atoms with Gasteiger partial charge in [-0.05, 0) is 61.4 Å². The van der Waals surface area contributed by atoms with E-state index in [1.165, 1.54) is 0 Å². The predicted molar refractivity (Wildman–Crippen MR) is 162 cm³/mol. The second-order valence-electron chi connectivity index (χ2n) is 10.3. The van der Waals surface area contributed by atoms with Crippen LogP contribution in [0.15, 0.2) is 66.7 Å². The first kappa shape index (κ1) is 28.0. The Balaban J connectivity index is 1.32. The summed E-state index contributed by atoms with van der Waals surface area (Å²) < 4.78 is 20.5. The molecule has 1 aromatic heterocycles. The van der Waals surface area contributed by atoms with E-state index >= 15 is 0 Å². The van der Waals surface area contributed by atoms with E-state index in [-0.39, 0.29) is 0 Å². The number of hydrogen-bond acceptors (Lipinski definition) is 6. The Kier molecular flexibility index (Phi) is 9.93. The molecule has 1 aliphatic rings. The highest BCUT2D eigenvalue weighted by Gasteiger charge is 2.15. The molecule has 0 aliphatic carbocycles. The number of rotatable bonds is 14. The van der Waals surface area contributed by atoms with Gasteiger partial charge in [-0.15, -0.1) is 0 Å². The molecule has 5 rings (SSSR count). The van der Waals surface area contributed by atoms with Gasteiger partial charge in [-0.2, -0.15) is 0 Å². The van der Waals surface area contributed by atoms with Gasteiger partial charge in [-0.1, -0.05) is 38.8 Å². The quantitative estimate of drug-likeness (QED) is 0.178. The Bertz CT molecular complexity index is 1350. The minimum absolute atomic E-state index is 0.687. The molecule has 4 aromatic rings. The van der Waals surface area contributed by atoms with Crippen LogP contribution < -0.4 is 19.5 Å². The van der Waals surface area contributed by atoms with E-state index in [0.717, 1.165) is 117 Å². The van der Waals surface area contributed by atoms with Crippen LogP contribution in [-0.4, -0.2) is 60.4 Å². The summed E-state index contributed by atoms with van der Waals surface area (Å²) >= 11 is 0. The fourth-order valence-corrected chi connectivity index (χ4v) is 4.96. The van der Waals surface area contributed by atoms with E-state index in [0.29, 0.717) is 6.61 Å². The van der Waals surface area contributed by atoms with Crippen molar-refractivity contribution in [1.29, 1.82) is 0 Å². The highest BCUT2D eigenvalue weighted by molar-refractivity contribution is 5.82. The van der Waals surface area contributed by atoms with Crippen molar-refractivity contribution < 1.29 is 14.2 Å². The van der Waals surface area contributed by atoms with Crippen molar-refractivity contribution in [2.75, 3.05) is 45.9 Å². The first-order valence-electron chi connectivity index (χ1n) is 14.8. The summed E-state index contributed by atoms with van der Waals surface area (Å²) in [6.07, 6.45) is 4.37. The normalized spacial score (nSPS) is 13.9. The van der Waals surface area contributed by atoms with Gasteiger partial charge >= 0.3 is 0 Å². The van der Waals surface area contributed by atoms with Gasteiger partial charge in [0, 0.05) is 50.9 Å². The van der Waals surface area contributed by atoms with E-state index in [4.69, 9.17) is 19.2 Å². The molecule has 1 aliphatic heterocycles. The Morgan fingerprint density at radius 1 is 0.750 bits per heavy atom. The minimum Gasteiger partial charge on any atom is -0.494 e. The number of nitrogens with one attached hydrogen (secondary N) is 1. The molecule has 1 fully saturated rings. The SMILES string of the molecule is CCCCOc1ccc(Oc2cccc(-c3nc4ccc(OCCN5CCNCC5)cc4n3CCCC)c2)cc1. The van der Waals surface area contributed by atoms with Crippen molar-refractivity contribution in [3.8, 4) is 34.4 Å². The fraction of sp³-hybridized carbons (Fsp3) is 0.424. The van der Waals surface area contributed by atoms with Crippen LogP contribution in [0, 0.1) is 0 Å². The lowest BCUT2D eigenvalue weighted by molar-refractivity contribution is 0.191. The average molecular weight is 543 g/mol. The van der Waals surface area contributed by atoms with Crippen LogP contribution in [-0.2, 0) is 6.54 Å². The monoisotopic (exact) mass is 542 g/mol. The number of nitrogens with zero attached hydrogens (tertiary/aromatic N) is 3. The summed E-state index contributed by atoms with van der Waals surface area (Å²) in [6, 6.07) is 22.3. The van der Waals surface area contributed by atoms with E-state index in [9.17, 15) is 0 Å². The minimum atomic E-state index is 0.687. The Labute approximate surface area is 238 Å². The van der Waals surface area contributed by atoms with Crippen LogP contribution >= 0.6 is 0 Å². The predicted octanol–water partition coefficient (Wildman–Crippen LogP) is 6.76. The summed E-state index contributed by atoms with van der Waals surface area (Å²) in [4.78, 5) is 7.49. The zero-order valence-electron chi connectivity index (χ0n) is 23.9. The number of aromatic nitrogens is 2. The second-order valence-corrected chi connectivity index (χ2v) is 10.3. The molecule has 0 spiro atoms. The van der Waals surface area contributed by atoms with Crippen LogP contribution in [0.5, 0.6) is 23.0 Å². The lowest BCUT2D eigenvalue weighted by atomic mass is 10.2. The number of fused-ring (bicyclic) bond motifs is 1. The van der Waals surface area contributed by atoms with Crippen molar-refractivity contribution in [3.05, 3.63) is 66.7 Å². The number of benzene rings is 3. The standard InChI is InChI=1S/C33H42N4O3/c1-3-5-18-37-32-25-29(39-23-21-36-19-16-34-17-20-36)14-15-31(32)35-33(37)26-8-7-9-30(24-26)40-28-12-10-27(11-13-28)38-22-6-4-2/h7-15,24-25,34H,3-6,16-23H2,1-2H3. The molecule has 1 saturated heterocycles. The van der Waals surface area contributed by atoms with Crippen LogP contribution in [0.2, 0.25) is 0 Å². The summed E-state index contributed by atoms with van der Waals surface area (Å²) in [7, 11) is 0. The molecule has 40 heavy (non-hydrogen) atoms. The molecule has 2 heterocycles. The van der Waals surface area contributed by atoms with Gasteiger partial charge in [0.25, 0.3) is 0 Å². The third-order valence-electron chi connectivity index (χ3n) is 7.26. The fourth-order valence-electron chi connectivity index (χ4n) is 4.96. The topological polar surface area (TPSA) is 60.8 Å². The maximum absolute atomic E-state index is 6.21. The molecule has 0 unspecified atom stereocenters. The highest BCUT2D eigenvalue weighted by atomic mass is 16.5. The van der Waals surface area contributed by atoms with Crippen LogP contribution in [0.25, 0.3) is 22.4 Å². The molecule has 0 amide bonds. The average Bonchev–Trinajstić information content (AvgIpc) is 3.35. The summed E-state index contributed by atoms with van der Waals surface area (Å²) in [5.74, 6) is 4.27. The van der Waals surface area contributed by atoms with Gasteiger partial charge in [-0.3, -0.25) is 4.90 Å². The summed E-state index contributed by atoms with van der Waals surface area (Å²) in [6.45, 7) is 11.9. The van der Waals surface area contributed by atoms with Gasteiger partial charge < -0.3 is 24.1 Å². The Hall–Kier alpha value is -3.55. The number of imidazole rings is 1. The van der Waals surface area contributed by atoms with Crippen molar-refractivity contribution in [2.24, 2.45) is 0 Å². The molecule has 0 atom stereocenters. The molecule has 7 nitrogen and oxygen atoms in total. The van der Waals surface area contributed by atoms with Gasteiger partial charge in [0.05, 0.1) is 17.6 Å². The number of piperazine rings is 1. The second kappa shape index (κ2) is 14.2. The first-order valence-corrected chi connectivity index (χ1v) is 14.8. The van der Waals surface area contributed by atoms with E-state index in [2.05, 4.69) is 52.9 Å². The number of unbranched alkanes of at least 4 members (excludes halogenated alkanes) is 2. The van der Waals surface area contributed by atoms with E-state index in [1.807, 2.05) is 42.5 Å². The van der Waals surface area contributed by atoms with Crippen molar-refractivity contribution in [2.45, 2.75) is 46.1 Å². The maximum Gasteiger partial charge on any atom is 0.141 e. The lowest BCUT2D eigenvalue weighted by Crippen LogP contribution is -2.44. The van der Waals surface area contributed by atoms with Crippen LogP contribution in [0.4, 0.5) is 0 Å². The zero-order valence-corrected chi connectivity index (χ0v) is 23.9. The number of ether oxygens (including phenoxy) is 3. The van der Waals surface area contributed by atoms with Crippen molar-refractivity contribution in [1.82, 2.24) is 19.8 Å². The third-order valence-corrected chi connectivity index (χ3v) is 7.26. The molecule has 0 bridgehead atoms. The molecule has 3 aromatic carbocycles. The molecule has 7 heteroatoms. The van der Waals surface area contributed by atoms with Crippen LogP contribution in [0.1, 0.15) is 39.5 Å². The Morgan fingerprint density at radius 2 is 1.50 bits per heavy atom. The smallest absolute Gasteiger partial charge is 0.141 e. The molecule has 0 radical (unpaired) electrons. The van der Waals surface area contributed by atoms with E-state index in [1.54, 1.807) is 0 Å². The summed E-state index contributed by atoms with van der Waals surface area (Å²) in [5, 5.41) is 3.40. The van der Waals surface area contributed by atoms with Gasteiger partial charge in [0.1, 0.15) is 35.4 Å². The molecule has 212 valence electrons. The van der Waals surface area contributed by atoms with E-state index < -0.39 is 0 Å². The third kappa shape index (κ3) is 7.34. The number of hydrogen-bond donors (Lipinski definition) is 1. The molecular formula is C33H42N4O3. The highest BCUT2D eigenvalue weighted by Crippen LogP contribution is 2.32. The van der Waals surface area contributed by atoms with Gasteiger partial charge in [0.15, 0.2) is 0 Å². The summed E-state index contributed by atoms with van der Waals surface area (Å²) in [5.41, 5.74) is 3.11. The number of aryl methyl sites for hydroxylation is 1. The van der Waals surface area contributed by atoms with Gasteiger partial charge in [-0.25, -0.2) is 4.98 Å². The van der Waals surface area contributed by atoms with Crippen molar-refractivity contribution in [3.63, 3.8) is 0 Å². The maximum atomic E-state index is 6.21. The van der Waals surface area contributed by atoms with Gasteiger partial charge in [0.2, 0.25) is 0 Å². The molecule has 0 saturated carbocycles. The zero-order chi connectivity index (χ0) is 27.6. The largest absolute Gasteiger partial charge is 0.494 e.